The van der Waals surface area contributed by atoms with Crippen LogP contribution >= 0.6 is 0 Å². The minimum atomic E-state index is -0.555. The van der Waals surface area contributed by atoms with Gasteiger partial charge in [-0.25, -0.2) is 0 Å². The summed E-state index contributed by atoms with van der Waals surface area (Å²) in [7, 11) is 1.41. The molecule has 38 heavy (non-hydrogen) atoms. The lowest BCUT2D eigenvalue weighted by Crippen LogP contribution is -2.61. The molecule has 7 aliphatic rings. The monoisotopic (exact) mass is 534 g/mol. The van der Waals surface area contributed by atoms with E-state index in [-0.39, 0.29) is 29.4 Å². The van der Waals surface area contributed by atoms with Gasteiger partial charge in [0.15, 0.2) is 0 Å². The first-order valence-electron chi connectivity index (χ1n) is 15.0. The second-order valence-corrected chi connectivity index (χ2v) is 14.0. The van der Waals surface area contributed by atoms with Gasteiger partial charge < -0.3 is 19.3 Å². The Bertz CT molecular complexity index is 881. The van der Waals surface area contributed by atoms with Crippen molar-refractivity contribution in [2.75, 3.05) is 13.7 Å². The van der Waals surface area contributed by atoms with Crippen LogP contribution in [0, 0.1) is 46.8 Å². The normalized spacial score (nSPS) is 40.2. The summed E-state index contributed by atoms with van der Waals surface area (Å²) in [5.41, 5.74) is -1.32. The second kappa shape index (κ2) is 11.1. The molecule has 7 heteroatoms. The van der Waals surface area contributed by atoms with E-state index in [1.54, 1.807) is 0 Å². The van der Waals surface area contributed by atoms with Crippen LogP contribution in [0.25, 0.3) is 0 Å². The van der Waals surface area contributed by atoms with Crippen LogP contribution in [0.5, 0.6) is 0 Å². The molecule has 7 unspecified atom stereocenters. The number of rotatable bonds is 5. The topological polar surface area (TPSA) is 99.1 Å². The predicted octanol–water partition coefficient (Wildman–Crippen LogP) is 5.46. The molecule has 0 aromatic heterocycles. The average molecular weight is 535 g/mol. The minimum absolute atomic E-state index is 0.0556. The van der Waals surface area contributed by atoms with Crippen molar-refractivity contribution in [1.29, 1.82) is 0 Å². The first kappa shape index (κ1) is 29.4. The smallest absolute Gasteiger partial charge is 0.312 e. The molecule has 6 aliphatic carbocycles. The first-order chi connectivity index (χ1) is 17.8. The van der Waals surface area contributed by atoms with E-state index in [4.69, 9.17) is 9.47 Å². The average Bonchev–Trinajstić information content (AvgIpc) is 3.57. The number of esters is 3. The van der Waals surface area contributed by atoms with Crippen molar-refractivity contribution in [2.45, 2.75) is 116 Å². The number of methoxy groups -OCH3 is 1. The molecule has 7 nitrogen and oxygen atoms in total. The van der Waals surface area contributed by atoms with E-state index < -0.39 is 11.0 Å². The van der Waals surface area contributed by atoms with Crippen LogP contribution in [0.1, 0.15) is 105 Å². The predicted molar refractivity (Wildman–Crippen MR) is 143 cm³/mol. The van der Waals surface area contributed by atoms with Crippen molar-refractivity contribution in [3.8, 4) is 0 Å². The summed E-state index contributed by atoms with van der Waals surface area (Å²) in [5, 5.41) is 10.6. The van der Waals surface area contributed by atoms with Crippen LogP contribution in [0.3, 0.4) is 0 Å². The van der Waals surface area contributed by atoms with Crippen molar-refractivity contribution in [3.05, 3.63) is 0 Å². The summed E-state index contributed by atoms with van der Waals surface area (Å²) in [6.45, 7) is 10.5. The Morgan fingerprint density at radius 3 is 2.21 bits per heavy atom. The zero-order chi connectivity index (χ0) is 27.9. The van der Waals surface area contributed by atoms with Crippen molar-refractivity contribution in [1.82, 2.24) is 0 Å². The molecule has 6 saturated carbocycles. The van der Waals surface area contributed by atoms with E-state index in [0.717, 1.165) is 51.0 Å². The van der Waals surface area contributed by atoms with Crippen molar-refractivity contribution in [3.63, 3.8) is 0 Å². The highest BCUT2D eigenvalue weighted by atomic mass is 16.6. The van der Waals surface area contributed by atoms with Gasteiger partial charge in [0.05, 0.1) is 36.6 Å². The molecule has 1 saturated heterocycles. The maximum absolute atomic E-state index is 12.4. The van der Waals surface area contributed by atoms with Crippen LogP contribution in [0.2, 0.25) is 0 Å². The summed E-state index contributed by atoms with van der Waals surface area (Å²) in [6, 6.07) is 0. The van der Waals surface area contributed by atoms with Crippen LogP contribution in [-0.2, 0) is 28.6 Å². The lowest BCUT2D eigenvalue weighted by Gasteiger charge is -2.59. The van der Waals surface area contributed by atoms with Gasteiger partial charge >= 0.3 is 17.9 Å². The van der Waals surface area contributed by atoms with Gasteiger partial charge in [-0.1, -0.05) is 20.8 Å². The fourth-order valence-corrected chi connectivity index (χ4v) is 8.39. The van der Waals surface area contributed by atoms with Gasteiger partial charge in [0, 0.05) is 12.3 Å². The third-order valence-electron chi connectivity index (χ3n) is 10.7. The van der Waals surface area contributed by atoms with Gasteiger partial charge in [0.2, 0.25) is 0 Å². The van der Waals surface area contributed by atoms with E-state index in [9.17, 15) is 19.5 Å². The van der Waals surface area contributed by atoms with Gasteiger partial charge in [-0.15, -0.1) is 0 Å². The number of aliphatic hydroxyl groups is 1. The molecule has 0 spiro atoms. The molecule has 1 heterocycles. The van der Waals surface area contributed by atoms with E-state index in [1.807, 2.05) is 34.6 Å². The Hall–Kier alpha value is -1.63. The summed E-state index contributed by atoms with van der Waals surface area (Å²) in [6.07, 6.45) is 11.2. The molecule has 0 amide bonds. The summed E-state index contributed by atoms with van der Waals surface area (Å²) < 4.78 is 15.5. The maximum atomic E-state index is 12.4. The van der Waals surface area contributed by atoms with Crippen LogP contribution < -0.4 is 0 Å². The summed E-state index contributed by atoms with van der Waals surface area (Å²) in [5.74, 6) is 3.52. The van der Waals surface area contributed by atoms with Crippen molar-refractivity contribution >= 4 is 17.9 Å². The molecule has 0 aromatic carbocycles. The molecule has 216 valence electrons. The second-order valence-electron chi connectivity index (χ2n) is 14.0. The van der Waals surface area contributed by atoms with Gasteiger partial charge in [0.25, 0.3) is 0 Å². The standard InChI is InChI=1S/C16H26O3.C9H12O2.C6H12O2/c1-4-14(2,3)13(17)19-16-8-11-5-12(9-16)7-15(18,6-11)10-16;10-9-8-6-2-1-5(3-6)7(8)4-11-9;1-4-5(2)6(7)8-3/h11-12,18H,4-10H2,1-3H3;5-8H,1-4H2;5H,4H2,1-3H3. The third kappa shape index (κ3) is 5.93. The number of ether oxygens (including phenoxy) is 3. The Balaban J connectivity index is 0.000000149. The first-order valence-corrected chi connectivity index (χ1v) is 15.0. The maximum Gasteiger partial charge on any atom is 0.312 e. The van der Waals surface area contributed by atoms with E-state index in [1.165, 1.54) is 32.8 Å². The largest absolute Gasteiger partial charge is 0.469 e. The quantitative estimate of drug-likeness (QED) is 0.369. The molecule has 0 radical (unpaired) electrons. The Morgan fingerprint density at radius 2 is 1.71 bits per heavy atom. The van der Waals surface area contributed by atoms with Crippen LogP contribution in [0.4, 0.5) is 0 Å². The van der Waals surface area contributed by atoms with Crippen molar-refractivity contribution < 1.29 is 33.7 Å². The number of cyclic esters (lactones) is 1. The Labute approximate surface area is 228 Å². The highest BCUT2D eigenvalue weighted by molar-refractivity contribution is 5.76. The highest BCUT2D eigenvalue weighted by Gasteiger charge is 2.59. The minimum Gasteiger partial charge on any atom is -0.469 e. The number of hydrogen-bond donors (Lipinski definition) is 1. The van der Waals surface area contributed by atoms with Crippen LogP contribution in [-0.4, -0.2) is 47.9 Å². The molecule has 6 bridgehead atoms. The number of carbonyl (C=O) groups excluding carboxylic acids is 3. The van der Waals surface area contributed by atoms with Gasteiger partial charge in [-0.3, -0.25) is 14.4 Å². The number of hydrogen-bond acceptors (Lipinski definition) is 7. The number of fused-ring (bicyclic) bond motifs is 5. The zero-order valence-corrected chi connectivity index (χ0v) is 24.4. The molecule has 1 aliphatic heterocycles. The van der Waals surface area contributed by atoms with Gasteiger partial charge in [-0.2, -0.15) is 0 Å². The zero-order valence-electron chi connectivity index (χ0n) is 24.4. The molecule has 0 aromatic rings. The summed E-state index contributed by atoms with van der Waals surface area (Å²) >= 11 is 0. The molecular formula is C31H50O7. The molecule has 7 fully saturated rings. The fraction of sp³-hybridized carbons (Fsp3) is 0.903. The highest BCUT2D eigenvalue weighted by Crippen LogP contribution is 2.59. The lowest BCUT2D eigenvalue weighted by molar-refractivity contribution is -0.225. The SMILES string of the molecule is CCC(C)(C)C(=O)OC12CC3CC(CC(O)(C3)C1)C2.CCC(C)C(=O)OC.O=C1OCC2C3CCC(C3)C12. The van der Waals surface area contributed by atoms with E-state index in [2.05, 4.69) is 4.74 Å². The van der Waals surface area contributed by atoms with Gasteiger partial charge in [0.1, 0.15) is 5.60 Å². The molecule has 7 rings (SSSR count). The Morgan fingerprint density at radius 1 is 1.08 bits per heavy atom. The molecule has 7 atom stereocenters. The molecule has 1 N–H and O–H groups in total. The lowest BCUT2D eigenvalue weighted by atomic mass is 9.52. The van der Waals surface area contributed by atoms with Gasteiger partial charge in [-0.05, 0) is 102 Å². The summed E-state index contributed by atoms with van der Waals surface area (Å²) in [4.78, 5) is 34.1. The Kier molecular flexibility index (Phi) is 8.57. The van der Waals surface area contributed by atoms with Crippen LogP contribution in [0.15, 0.2) is 0 Å². The third-order valence-corrected chi connectivity index (χ3v) is 10.7. The van der Waals surface area contributed by atoms with E-state index in [0.29, 0.717) is 36.0 Å². The van der Waals surface area contributed by atoms with Crippen molar-refractivity contribution in [2.24, 2.45) is 46.8 Å². The van der Waals surface area contributed by atoms with E-state index >= 15 is 0 Å². The fourth-order valence-electron chi connectivity index (χ4n) is 8.39. The molecular weight excluding hydrogens is 484 g/mol. The number of carbonyl (C=O) groups is 3.